The van der Waals surface area contributed by atoms with Gasteiger partial charge in [0.15, 0.2) is 5.78 Å². The summed E-state index contributed by atoms with van der Waals surface area (Å²) in [6.45, 7) is 7.28. The second-order valence-electron chi connectivity index (χ2n) is 5.57. The van der Waals surface area contributed by atoms with Crippen LogP contribution in [0.4, 0.5) is 0 Å². The monoisotopic (exact) mass is 244 g/mol. The van der Waals surface area contributed by atoms with Gasteiger partial charge in [-0.3, -0.25) is 4.79 Å². The Hall–Kier alpha value is -1.90. The van der Waals surface area contributed by atoms with Gasteiger partial charge < -0.3 is 4.42 Å². The van der Waals surface area contributed by atoms with Crippen LogP contribution in [0, 0.1) is 12.3 Å². The van der Waals surface area contributed by atoms with E-state index in [1.165, 1.54) is 0 Å². The highest BCUT2D eigenvalue weighted by Gasteiger charge is 2.26. The van der Waals surface area contributed by atoms with E-state index in [4.69, 9.17) is 4.42 Å². The van der Waals surface area contributed by atoms with Crippen LogP contribution in [0.15, 0.2) is 33.5 Å². The molecule has 0 fully saturated rings. The maximum absolute atomic E-state index is 12.1. The van der Waals surface area contributed by atoms with Gasteiger partial charge in [-0.15, -0.1) is 0 Å². The zero-order valence-electron chi connectivity index (χ0n) is 11.0. The summed E-state index contributed by atoms with van der Waals surface area (Å²) in [4.78, 5) is 24.0. The standard InChI is InChI=1S/C15H16O3/c1-9-5-6-10-8-11(13(16)15(2,3)4)14(17)18-12(10)7-9/h5-8H,1-4H3. The van der Waals surface area contributed by atoms with Crippen LogP contribution in [0.1, 0.15) is 36.7 Å². The number of fused-ring (bicyclic) bond motifs is 1. The third kappa shape index (κ3) is 2.21. The number of carbonyl (C=O) groups excluding carboxylic acids is 1. The van der Waals surface area contributed by atoms with E-state index in [2.05, 4.69) is 0 Å². The van der Waals surface area contributed by atoms with Crippen LogP contribution in [0.5, 0.6) is 0 Å². The van der Waals surface area contributed by atoms with Crippen molar-refractivity contribution in [2.45, 2.75) is 27.7 Å². The second kappa shape index (κ2) is 4.09. The number of carbonyl (C=O) groups is 1. The van der Waals surface area contributed by atoms with Crippen LogP contribution in [-0.4, -0.2) is 5.78 Å². The van der Waals surface area contributed by atoms with E-state index < -0.39 is 11.0 Å². The van der Waals surface area contributed by atoms with Crippen molar-refractivity contribution in [3.05, 3.63) is 45.8 Å². The molecule has 0 N–H and O–H groups in total. The van der Waals surface area contributed by atoms with E-state index in [-0.39, 0.29) is 11.3 Å². The number of aryl methyl sites for hydroxylation is 1. The highest BCUT2D eigenvalue weighted by atomic mass is 16.4. The van der Waals surface area contributed by atoms with Crippen LogP contribution in [0.3, 0.4) is 0 Å². The van der Waals surface area contributed by atoms with Gasteiger partial charge in [-0.05, 0) is 24.6 Å². The van der Waals surface area contributed by atoms with Crippen molar-refractivity contribution in [2.24, 2.45) is 5.41 Å². The van der Waals surface area contributed by atoms with Crippen molar-refractivity contribution in [2.75, 3.05) is 0 Å². The average molecular weight is 244 g/mol. The highest BCUT2D eigenvalue weighted by Crippen LogP contribution is 2.22. The molecule has 0 aliphatic rings. The van der Waals surface area contributed by atoms with Gasteiger partial charge in [-0.1, -0.05) is 32.9 Å². The number of hydrogen-bond donors (Lipinski definition) is 0. The van der Waals surface area contributed by atoms with Gasteiger partial charge in [0.2, 0.25) is 0 Å². The van der Waals surface area contributed by atoms with E-state index in [0.29, 0.717) is 5.58 Å². The zero-order valence-corrected chi connectivity index (χ0v) is 11.0. The number of Topliss-reactive ketones (excluding diaryl/α,β-unsaturated/α-hetero) is 1. The van der Waals surface area contributed by atoms with E-state index >= 15 is 0 Å². The first-order valence-electron chi connectivity index (χ1n) is 5.88. The van der Waals surface area contributed by atoms with Crippen molar-refractivity contribution >= 4 is 16.8 Å². The van der Waals surface area contributed by atoms with Gasteiger partial charge in [-0.2, -0.15) is 0 Å². The number of benzene rings is 1. The van der Waals surface area contributed by atoms with E-state index in [1.54, 1.807) is 32.9 Å². The lowest BCUT2D eigenvalue weighted by atomic mass is 9.87. The molecule has 94 valence electrons. The van der Waals surface area contributed by atoms with Crippen molar-refractivity contribution in [1.29, 1.82) is 0 Å². The van der Waals surface area contributed by atoms with Crippen molar-refractivity contribution in [3.8, 4) is 0 Å². The molecular weight excluding hydrogens is 228 g/mol. The second-order valence-corrected chi connectivity index (χ2v) is 5.57. The summed E-state index contributed by atoms with van der Waals surface area (Å²) in [5, 5.41) is 0.771. The van der Waals surface area contributed by atoms with Crippen LogP contribution in [-0.2, 0) is 0 Å². The zero-order chi connectivity index (χ0) is 13.5. The molecule has 0 aliphatic heterocycles. The Morgan fingerprint density at radius 1 is 1.17 bits per heavy atom. The van der Waals surface area contributed by atoms with Gasteiger partial charge in [-0.25, -0.2) is 4.79 Å². The number of hydrogen-bond acceptors (Lipinski definition) is 3. The summed E-state index contributed by atoms with van der Waals surface area (Å²) in [5.41, 5.74) is 0.505. The van der Waals surface area contributed by atoms with Crippen LogP contribution in [0.2, 0.25) is 0 Å². The molecule has 2 aromatic rings. The fourth-order valence-electron chi connectivity index (χ4n) is 1.78. The van der Waals surface area contributed by atoms with Crippen molar-refractivity contribution in [1.82, 2.24) is 0 Å². The molecule has 1 aromatic carbocycles. The molecule has 0 saturated carbocycles. The van der Waals surface area contributed by atoms with Crippen molar-refractivity contribution in [3.63, 3.8) is 0 Å². The van der Waals surface area contributed by atoms with E-state index in [0.717, 1.165) is 10.9 Å². The Morgan fingerprint density at radius 3 is 2.44 bits per heavy atom. The van der Waals surface area contributed by atoms with E-state index in [9.17, 15) is 9.59 Å². The third-order valence-electron chi connectivity index (χ3n) is 2.82. The molecular formula is C15H16O3. The fourth-order valence-corrected chi connectivity index (χ4v) is 1.78. The Labute approximate surface area is 105 Å². The lowest BCUT2D eigenvalue weighted by Crippen LogP contribution is -2.25. The average Bonchev–Trinajstić information content (AvgIpc) is 2.25. The molecule has 0 bridgehead atoms. The topological polar surface area (TPSA) is 47.3 Å². The lowest BCUT2D eigenvalue weighted by molar-refractivity contribution is 0.0854. The minimum atomic E-state index is -0.590. The largest absolute Gasteiger partial charge is 0.422 e. The molecule has 1 aromatic heterocycles. The van der Waals surface area contributed by atoms with E-state index in [1.807, 2.05) is 19.1 Å². The normalized spacial score (nSPS) is 11.8. The van der Waals surface area contributed by atoms with Gasteiger partial charge in [0.05, 0.1) is 0 Å². The molecule has 0 aliphatic carbocycles. The molecule has 0 radical (unpaired) electrons. The molecule has 0 amide bonds. The Bertz CT molecular complexity index is 672. The van der Waals surface area contributed by atoms with Gasteiger partial charge >= 0.3 is 5.63 Å². The van der Waals surface area contributed by atoms with Gasteiger partial charge in [0.25, 0.3) is 0 Å². The maximum atomic E-state index is 12.1. The maximum Gasteiger partial charge on any atom is 0.347 e. The molecule has 18 heavy (non-hydrogen) atoms. The van der Waals surface area contributed by atoms with Gasteiger partial charge in [0, 0.05) is 10.8 Å². The Balaban J connectivity index is 2.68. The summed E-state index contributed by atoms with van der Waals surface area (Å²) < 4.78 is 5.21. The summed E-state index contributed by atoms with van der Waals surface area (Å²) in [5.74, 6) is -0.196. The lowest BCUT2D eigenvalue weighted by Gasteiger charge is -2.15. The smallest absolute Gasteiger partial charge is 0.347 e. The minimum Gasteiger partial charge on any atom is -0.422 e. The minimum absolute atomic E-state index is 0.124. The van der Waals surface area contributed by atoms with Crippen LogP contribution < -0.4 is 5.63 Å². The summed E-state index contributed by atoms with van der Waals surface area (Å²) in [7, 11) is 0. The quantitative estimate of drug-likeness (QED) is 0.571. The van der Waals surface area contributed by atoms with Crippen LogP contribution >= 0.6 is 0 Å². The summed E-state index contributed by atoms with van der Waals surface area (Å²) in [6, 6.07) is 7.19. The van der Waals surface area contributed by atoms with Gasteiger partial charge in [0.1, 0.15) is 11.1 Å². The molecule has 3 heteroatoms. The highest BCUT2D eigenvalue weighted by molar-refractivity contribution is 6.01. The predicted molar refractivity (Wildman–Crippen MR) is 71.0 cm³/mol. The molecule has 1 heterocycles. The molecule has 2 rings (SSSR count). The molecule has 3 nitrogen and oxygen atoms in total. The molecule has 0 unspecified atom stereocenters. The number of ketones is 1. The predicted octanol–water partition coefficient (Wildman–Crippen LogP) is 3.33. The Morgan fingerprint density at radius 2 is 1.83 bits per heavy atom. The first-order valence-corrected chi connectivity index (χ1v) is 5.88. The first kappa shape index (κ1) is 12.6. The summed E-state index contributed by atoms with van der Waals surface area (Å²) >= 11 is 0. The number of rotatable bonds is 1. The summed E-state index contributed by atoms with van der Waals surface area (Å²) in [6.07, 6.45) is 0. The fraction of sp³-hybridized carbons (Fsp3) is 0.333. The molecule has 0 saturated heterocycles. The van der Waals surface area contributed by atoms with Crippen molar-refractivity contribution < 1.29 is 9.21 Å². The Kier molecular flexibility index (Phi) is 2.85. The van der Waals surface area contributed by atoms with Crippen LogP contribution in [0.25, 0.3) is 11.0 Å². The first-order chi connectivity index (χ1) is 8.29. The molecule has 0 atom stereocenters. The molecule has 0 spiro atoms. The SMILES string of the molecule is Cc1ccc2cc(C(=O)C(C)(C)C)c(=O)oc2c1. The third-order valence-corrected chi connectivity index (χ3v) is 2.82.